The number of carbonyl (C=O) groups is 2. The van der Waals surface area contributed by atoms with Crippen molar-refractivity contribution in [3.05, 3.63) is 17.3 Å². The Morgan fingerprint density at radius 3 is 2.91 bits per heavy atom. The van der Waals surface area contributed by atoms with Gasteiger partial charge in [-0.25, -0.2) is 0 Å². The Bertz CT molecular complexity index is 565. The highest BCUT2D eigenvalue weighted by atomic mass is 35.5. The number of halogens is 1. The number of amides is 2. The van der Waals surface area contributed by atoms with E-state index in [0.29, 0.717) is 24.8 Å². The third-order valence-electron chi connectivity index (χ3n) is 4.06. The maximum absolute atomic E-state index is 12.6. The van der Waals surface area contributed by atoms with E-state index in [0.717, 1.165) is 25.2 Å². The van der Waals surface area contributed by atoms with Gasteiger partial charge in [-0.2, -0.15) is 0 Å². The number of rotatable bonds is 2. The van der Waals surface area contributed by atoms with Crippen molar-refractivity contribution in [2.45, 2.75) is 12.8 Å². The fourth-order valence-electron chi connectivity index (χ4n) is 2.95. The van der Waals surface area contributed by atoms with Gasteiger partial charge in [0, 0.05) is 26.2 Å². The Morgan fingerprint density at radius 2 is 2.18 bits per heavy atom. The number of carbonyl (C=O) groups excluding carboxylic acids is 2. The minimum atomic E-state index is -0.0999. The zero-order valence-corrected chi connectivity index (χ0v) is 12.9. The molecule has 1 aromatic heterocycles. The maximum Gasteiger partial charge on any atom is 0.239 e. The van der Waals surface area contributed by atoms with Crippen LogP contribution >= 0.6 is 11.6 Å². The molecule has 2 amide bonds. The summed E-state index contributed by atoms with van der Waals surface area (Å²) >= 11 is 5.75. The highest BCUT2D eigenvalue weighted by Crippen LogP contribution is 2.23. The largest absolute Gasteiger partial charge is 0.354 e. The molecule has 0 radical (unpaired) electrons. The molecule has 2 aliphatic heterocycles. The quantitative estimate of drug-likeness (QED) is 0.847. The van der Waals surface area contributed by atoms with E-state index < -0.39 is 0 Å². The first-order valence-corrected chi connectivity index (χ1v) is 7.81. The highest BCUT2D eigenvalue weighted by molar-refractivity contribution is 6.29. The molecule has 0 aromatic carbocycles. The van der Waals surface area contributed by atoms with Crippen molar-refractivity contribution in [2.75, 3.05) is 37.6 Å². The molecule has 7 nitrogen and oxygen atoms in total. The molecule has 22 heavy (non-hydrogen) atoms. The second kappa shape index (κ2) is 6.48. The summed E-state index contributed by atoms with van der Waals surface area (Å²) < 4.78 is 0. The van der Waals surface area contributed by atoms with Crippen molar-refractivity contribution >= 4 is 29.2 Å². The number of nitrogens with zero attached hydrogens (tertiary/aromatic N) is 4. The zero-order valence-electron chi connectivity index (χ0n) is 12.2. The molecule has 1 N–H and O–H groups in total. The number of nitrogens with one attached hydrogen (secondary N) is 1. The summed E-state index contributed by atoms with van der Waals surface area (Å²) in [5.41, 5.74) is 0. The van der Waals surface area contributed by atoms with Crippen LogP contribution < -0.4 is 10.2 Å². The summed E-state index contributed by atoms with van der Waals surface area (Å²) in [6.07, 6.45) is 1.76. The third-order valence-corrected chi connectivity index (χ3v) is 4.26. The van der Waals surface area contributed by atoms with Crippen molar-refractivity contribution in [1.82, 2.24) is 20.4 Å². The molecular formula is C14H18ClN5O2. The first-order valence-electron chi connectivity index (χ1n) is 7.43. The van der Waals surface area contributed by atoms with E-state index in [4.69, 9.17) is 11.6 Å². The average molecular weight is 324 g/mol. The summed E-state index contributed by atoms with van der Waals surface area (Å²) in [5, 5.41) is 11.0. The van der Waals surface area contributed by atoms with Gasteiger partial charge in [-0.3, -0.25) is 9.59 Å². The van der Waals surface area contributed by atoms with Gasteiger partial charge in [0.15, 0.2) is 11.0 Å². The minimum Gasteiger partial charge on any atom is -0.354 e. The highest BCUT2D eigenvalue weighted by Gasteiger charge is 2.31. The Kier molecular flexibility index (Phi) is 4.42. The van der Waals surface area contributed by atoms with Gasteiger partial charge in [0.1, 0.15) is 0 Å². The lowest BCUT2D eigenvalue weighted by Crippen LogP contribution is -2.53. The van der Waals surface area contributed by atoms with E-state index in [-0.39, 0.29) is 24.3 Å². The van der Waals surface area contributed by atoms with Crippen LogP contribution in [-0.2, 0) is 9.59 Å². The van der Waals surface area contributed by atoms with E-state index in [1.165, 1.54) is 0 Å². The van der Waals surface area contributed by atoms with Gasteiger partial charge < -0.3 is 15.1 Å². The maximum atomic E-state index is 12.6. The van der Waals surface area contributed by atoms with Gasteiger partial charge in [-0.1, -0.05) is 11.6 Å². The van der Waals surface area contributed by atoms with Crippen LogP contribution in [0.2, 0.25) is 5.15 Å². The number of hydrogen-bond acceptors (Lipinski definition) is 5. The van der Waals surface area contributed by atoms with E-state index >= 15 is 0 Å². The summed E-state index contributed by atoms with van der Waals surface area (Å²) in [6, 6.07) is 3.51. The summed E-state index contributed by atoms with van der Waals surface area (Å²) in [5.74, 6) is 0.604. The minimum absolute atomic E-state index is 0.0569. The number of anilines is 1. The summed E-state index contributed by atoms with van der Waals surface area (Å²) in [7, 11) is 0. The molecule has 1 atom stereocenters. The van der Waals surface area contributed by atoms with Gasteiger partial charge >= 0.3 is 0 Å². The molecule has 2 saturated heterocycles. The predicted octanol–water partition coefficient (Wildman–Crippen LogP) is 0.305. The van der Waals surface area contributed by atoms with Crippen LogP contribution in [0, 0.1) is 5.92 Å². The lowest BCUT2D eigenvalue weighted by atomic mass is 9.96. The van der Waals surface area contributed by atoms with Crippen LogP contribution in [-0.4, -0.2) is 59.6 Å². The van der Waals surface area contributed by atoms with Crippen molar-refractivity contribution in [2.24, 2.45) is 5.92 Å². The molecule has 1 aromatic rings. The second-order valence-corrected chi connectivity index (χ2v) is 6.00. The van der Waals surface area contributed by atoms with Gasteiger partial charge in [0.25, 0.3) is 0 Å². The van der Waals surface area contributed by atoms with Crippen molar-refractivity contribution in [3.63, 3.8) is 0 Å². The number of aromatic nitrogens is 2. The van der Waals surface area contributed by atoms with Crippen molar-refractivity contribution < 1.29 is 9.59 Å². The molecule has 0 spiro atoms. The number of piperazine rings is 1. The second-order valence-electron chi connectivity index (χ2n) is 5.61. The first kappa shape index (κ1) is 15.0. The average Bonchev–Trinajstić information content (AvgIpc) is 2.55. The fraction of sp³-hybridized carbons (Fsp3) is 0.571. The Balaban J connectivity index is 1.66. The van der Waals surface area contributed by atoms with Crippen molar-refractivity contribution in [1.29, 1.82) is 0 Å². The lowest BCUT2D eigenvalue weighted by molar-refractivity contribution is -0.141. The number of hydrogen-bond donors (Lipinski definition) is 1. The monoisotopic (exact) mass is 323 g/mol. The van der Waals surface area contributed by atoms with E-state index in [2.05, 4.69) is 20.4 Å². The van der Waals surface area contributed by atoms with Gasteiger partial charge in [-0.15, -0.1) is 10.2 Å². The molecule has 3 rings (SSSR count). The van der Waals surface area contributed by atoms with Crippen LogP contribution in [0.25, 0.3) is 0 Å². The predicted molar refractivity (Wildman–Crippen MR) is 81.6 cm³/mol. The molecule has 1 unspecified atom stereocenters. The van der Waals surface area contributed by atoms with Crippen LogP contribution in [0.15, 0.2) is 12.1 Å². The molecule has 8 heteroatoms. The molecule has 0 aliphatic carbocycles. The molecule has 118 valence electrons. The molecule has 2 aliphatic rings. The fourth-order valence-corrected chi connectivity index (χ4v) is 3.05. The van der Waals surface area contributed by atoms with E-state index in [1.54, 1.807) is 11.0 Å². The summed E-state index contributed by atoms with van der Waals surface area (Å²) in [6.45, 7) is 2.73. The van der Waals surface area contributed by atoms with Gasteiger partial charge in [0.2, 0.25) is 11.8 Å². The van der Waals surface area contributed by atoms with Crippen LogP contribution in [0.1, 0.15) is 12.8 Å². The number of piperidine rings is 1. The molecule has 0 saturated carbocycles. The standard InChI is InChI=1S/C14H18ClN5O2/c15-11-3-4-12(18-17-11)19-6-1-2-10(8-19)14(22)20-7-5-16-13(21)9-20/h3-4,10H,1-2,5-9H2,(H,16,21). The smallest absolute Gasteiger partial charge is 0.239 e. The zero-order chi connectivity index (χ0) is 15.5. The van der Waals surface area contributed by atoms with Crippen LogP contribution in [0.5, 0.6) is 0 Å². The lowest BCUT2D eigenvalue weighted by Gasteiger charge is -2.36. The molecule has 2 fully saturated rings. The first-order chi connectivity index (χ1) is 10.6. The van der Waals surface area contributed by atoms with Crippen LogP contribution in [0.4, 0.5) is 5.82 Å². The summed E-state index contributed by atoms with van der Waals surface area (Å²) in [4.78, 5) is 27.7. The van der Waals surface area contributed by atoms with Crippen molar-refractivity contribution in [3.8, 4) is 0 Å². The third kappa shape index (κ3) is 3.30. The van der Waals surface area contributed by atoms with Crippen LogP contribution in [0.3, 0.4) is 0 Å². The topological polar surface area (TPSA) is 78.4 Å². The molecule has 3 heterocycles. The Hall–Kier alpha value is -1.89. The van der Waals surface area contributed by atoms with E-state index in [1.807, 2.05) is 6.07 Å². The molecule has 0 bridgehead atoms. The Morgan fingerprint density at radius 1 is 1.32 bits per heavy atom. The van der Waals surface area contributed by atoms with Gasteiger partial charge in [-0.05, 0) is 25.0 Å². The van der Waals surface area contributed by atoms with E-state index in [9.17, 15) is 9.59 Å². The van der Waals surface area contributed by atoms with Gasteiger partial charge in [0.05, 0.1) is 12.5 Å². The molecular weight excluding hydrogens is 306 g/mol. The normalized spacial score (nSPS) is 22.4. The SMILES string of the molecule is O=C1CN(C(=O)C2CCCN(c3ccc(Cl)nn3)C2)CCN1. The Labute approximate surface area is 133 Å².